The van der Waals surface area contributed by atoms with Crippen LogP contribution in [0.15, 0.2) is 30.6 Å². The number of hydrogen-bond donors (Lipinski definition) is 1. The average molecular weight is 301 g/mol. The lowest BCUT2D eigenvalue weighted by Gasteiger charge is -2.09. The van der Waals surface area contributed by atoms with Gasteiger partial charge in [-0.05, 0) is 31.4 Å². The first-order chi connectivity index (χ1) is 10.5. The zero-order valence-corrected chi connectivity index (χ0v) is 13.6. The highest BCUT2D eigenvalue weighted by Gasteiger charge is 2.09. The third kappa shape index (κ3) is 4.07. The van der Waals surface area contributed by atoms with Gasteiger partial charge in [0.1, 0.15) is 0 Å². The molecule has 0 atom stereocenters. The van der Waals surface area contributed by atoms with E-state index in [2.05, 4.69) is 47.2 Å². The maximum atomic E-state index is 5.26. The third-order valence-electron chi connectivity index (χ3n) is 3.20. The van der Waals surface area contributed by atoms with E-state index in [1.54, 1.807) is 6.07 Å². The van der Waals surface area contributed by atoms with Crippen LogP contribution >= 0.6 is 0 Å². The van der Waals surface area contributed by atoms with Crippen molar-refractivity contribution in [2.24, 2.45) is 0 Å². The lowest BCUT2D eigenvalue weighted by Crippen LogP contribution is -2.09. The summed E-state index contributed by atoms with van der Waals surface area (Å²) in [5.74, 6) is 1.62. The summed E-state index contributed by atoms with van der Waals surface area (Å²) in [5.41, 5.74) is 3.12. The summed E-state index contributed by atoms with van der Waals surface area (Å²) in [7, 11) is 0. The van der Waals surface area contributed by atoms with Gasteiger partial charge >= 0.3 is 0 Å². The molecule has 6 heteroatoms. The molecule has 0 aliphatic carbocycles. The maximum absolute atomic E-state index is 5.26. The molecule has 1 N–H and O–H groups in total. The Bertz CT molecular complexity index is 630. The summed E-state index contributed by atoms with van der Waals surface area (Å²) in [6, 6.07) is 3.60. The fourth-order valence-corrected chi connectivity index (χ4v) is 2.21. The molecular formula is C16H23N5O. The molecule has 0 amide bonds. The number of anilines is 1. The Morgan fingerprint density at radius 1 is 1.36 bits per heavy atom. The van der Waals surface area contributed by atoms with Gasteiger partial charge in [0.05, 0.1) is 18.8 Å². The molecule has 118 valence electrons. The van der Waals surface area contributed by atoms with E-state index in [9.17, 15) is 0 Å². The molecule has 6 nitrogen and oxygen atoms in total. The van der Waals surface area contributed by atoms with E-state index in [1.165, 1.54) is 5.56 Å². The smallest absolute Gasteiger partial charge is 0.233 e. The van der Waals surface area contributed by atoms with Gasteiger partial charge in [0.25, 0.3) is 0 Å². The number of aryl methyl sites for hydroxylation is 1. The first kappa shape index (κ1) is 16.0. The second-order valence-electron chi connectivity index (χ2n) is 5.44. The summed E-state index contributed by atoms with van der Waals surface area (Å²) >= 11 is 0. The zero-order chi connectivity index (χ0) is 16.1. The predicted octanol–water partition coefficient (Wildman–Crippen LogP) is 3.13. The summed E-state index contributed by atoms with van der Waals surface area (Å²) in [6.07, 6.45) is 2.07. The minimum absolute atomic E-state index is 0.465. The van der Waals surface area contributed by atoms with Crippen molar-refractivity contribution in [2.75, 3.05) is 11.9 Å². The van der Waals surface area contributed by atoms with Gasteiger partial charge in [-0.2, -0.15) is 5.10 Å². The topological polar surface area (TPSA) is 64.9 Å². The highest BCUT2D eigenvalue weighted by atomic mass is 16.5. The van der Waals surface area contributed by atoms with Crippen LogP contribution in [0.25, 0.3) is 0 Å². The number of nitrogens with zero attached hydrogens (tertiary/aromatic N) is 4. The van der Waals surface area contributed by atoms with E-state index >= 15 is 0 Å². The third-order valence-corrected chi connectivity index (χ3v) is 3.20. The van der Waals surface area contributed by atoms with Crippen LogP contribution in [0.3, 0.4) is 0 Å². The van der Waals surface area contributed by atoms with E-state index in [0.717, 1.165) is 11.4 Å². The monoisotopic (exact) mass is 301 g/mol. The molecule has 22 heavy (non-hydrogen) atoms. The summed E-state index contributed by atoms with van der Waals surface area (Å²) < 4.78 is 7.15. The van der Waals surface area contributed by atoms with E-state index in [0.29, 0.717) is 30.8 Å². The van der Waals surface area contributed by atoms with Crippen molar-refractivity contribution in [1.82, 2.24) is 20.0 Å². The van der Waals surface area contributed by atoms with Gasteiger partial charge in [-0.3, -0.25) is 4.68 Å². The summed E-state index contributed by atoms with van der Waals surface area (Å²) in [6.45, 7) is 13.4. The molecule has 0 unspecified atom stereocenters. The summed E-state index contributed by atoms with van der Waals surface area (Å²) in [5, 5.41) is 15.7. The van der Waals surface area contributed by atoms with Crippen LogP contribution in [0.1, 0.15) is 37.9 Å². The molecule has 2 aromatic rings. The van der Waals surface area contributed by atoms with E-state index in [1.807, 2.05) is 24.6 Å². The number of aromatic nitrogens is 4. The lowest BCUT2D eigenvalue weighted by molar-refractivity contribution is 0.323. The van der Waals surface area contributed by atoms with Crippen molar-refractivity contribution >= 4 is 5.82 Å². The van der Waals surface area contributed by atoms with Gasteiger partial charge in [0.2, 0.25) is 5.88 Å². The fourth-order valence-electron chi connectivity index (χ4n) is 2.21. The molecule has 0 radical (unpaired) electrons. The molecule has 2 heterocycles. The number of rotatable bonds is 7. The molecule has 2 aromatic heterocycles. The van der Waals surface area contributed by atoms with Gasteiger partial charge in [0.15, 0.2) is 5.82 Å². The zero-order valence-electron chi connectivity index (χ0n) is 13.6. The van der Waals surface area contributed by atoms with Crippen LogP contribution < -0.4 is 10.1 Å². The standard InChI is InChI=1S/C16H23N5O/c1-6-22-16-8-7-15(18-19-16)17-12(4)9-21-10-14(11(2)3)13(5)20-21/h7-8,10-11H,4,6,9H2,1-3,5H3,(H,17,18). The molecule has 0 spiro atoms. The quantitative estimate of drug-likeness (QED) is 0.851. The minimum Gasteiger partial charge on any atom is -0.477 e. The first-order valence-electron chi connectivity index (χ1n) is 7.44. The largest absolute Gasteiger partial charge is 0.477 e. The Morgan fingerprint density at radius 2 is 2.14 bits per heavy atom. The maximum Gasteiger partial charge on any atom is 0.233 e. The predicted molar refractivity (Wildman–Crippen MR) is 87.0 cm³/mol. The van der Waals surface area contributed by atoms with E-state index < -0.39 is 0 Å². The molecule has 2 rings (SSSR count). The Kier molecular flexibility index (Phi) is 5.14. The van der Waals surface area contributed by atoms with Crippen molar-refractivity contribution in [2.45, 2.75) is 40.2 Å². The van der Waals surface area contributed by atoms with E-state index in [4.69, 9.17) is 4.74 Å². The number of allylic oxidation sites excluding steroid dienone is 1. The van der Waals surface area contributed by atoms with Crippen LogP contribution in [0.2, 0.25) is 0 Å². The second kappa shape index (κ2) is 7.06. The van der Waals surface area contributed by atoms with Crippen LogP contribution in [0, 0.1) is 6.92 Å². The fraction of sp³-hybridized carbons (Fsp3) is 0.438. The van der Waals surface area contributed by atoms with Gasteiger partial charge < -0.3 is 10.1 Å². The number of nitrogens with one attached hydrogen (secondary N) is 1. The van der Waals surface area contributed by atoms with Gasteiger partial charge in [-0.15, -0.1) is 10.2 Å². The van der Waals surface area contributed by atoms with E-state index in [-0.39, 0.29) is 0 Å². The van der Waals surface area contributed by atoms with Crippen LogP contribution in [-0.2, 0) is 6.54 Å². The van der Waals surface area contributed by atoms with Gasteiger partial charge in [-0.1, -0.05) is 20.4 Å². The Balaban J connectivity index is 1.96. The molecule has 0 aliphatic rings. The molecule has 0 saturated heterocycles. The van der Waals surface area contributed by atoms with Gasteiger partial charge in [-0.25, -0.2) is 0 Å². The minimum atomic E-state index is 0.465. The Morgan fingerprint density at radius 3 is 2.68 bits per heavy atom. The van der Waals surface area contributed by atoms with Crippen LogP contribution in [-0.4, -0.2) is 26.6 Å². The second-order valence-corrected chi connectivity index (χ2v) is 5.44. The number of hydrogen-bond acceptors (Lipinski definition) is 5. The van der Waals surface area contributed by atoms with Crippen molar-refractivity contribution in [3.63, 3.8) is 0 Å². The van der Waals surface area contributed by atoms with Crippen LogP contribution in [0.4, 0.5) is 5.82 Å². The molecule has 0 aliphatic heterocycles. The SMILES string of the molecule is C=C(Cn1cc(C(C)C)c(C)n1)Nc1ccc(OCC)nn1. The Labute approximate surface area is 131 Å². The highest BCUT2D eigenvalue weighted by Crippen LogP contribution is 2.18. The van der Waals surface area contributed by atoms with Crippen molar-refractivity contribution in [3.8, 4) is 5.88 Å². The lowest BCUT2D eigenvalue weighted by atomic mass is 10.1. The first-order valence-corrected chi connectivity index (χ1v) is 7.44. The average Bonchev–Trinajstić information content (AvgIpc) is 2.82. The highest BCUT2D eigenvalue weighted by molar-refractivity contribution is 5.40. The number of ether oxygens (including phenoxy) is 1. The molecule has 0 bridgehead atoms. The summed E-state index contributed by atoms with van der Waals surface area (Å²) in [4.78, 5) is 0. The van der Waals surface area contributed by atoms with Crippen molar-refractivity contribution in [3.05, 3.63) is 41.9 Å². The molecule has 0 saturated carbocycles. The molecule has 0 fully saturated rings. The van der Waals surface area contributed by atoms with Gasteiger partial charge in [0, 0.05) is 18.0 Å². The Hall–Kier alpha value is -2.37. The molecular weight excluding hydrogens is 278 g/mol. The van der Waals surface area contributed by atoms with Crippen LogP contribution in [0.5, 0.6) is 5.88 Å². The van der Waals surface area contributed by atoms with Crippen molar-refractivity contribution < 1.29 is 4.74 Å². The normalized spacial score (nSPS) is 10.8. The molecule has 0 aromatic carbocycles. The van der Waals surface area contributed by atoms with Crippen molar-refractivity contribution in [1.29, 1.82) is 0 Å².